The molecule has 19 heavy (non-hydrogen) atoms. The zero-order chi connectivity index (χ0) is 13.2. The van der Waals surface area contributed by atoms with E-state index in [-0.39, 0.29) is 11.9 Å². The van der Waals surface area contributed by atoms with E-state index < -0.39 is 0 Å². The smallest absolute Gasteiger partial charge is 0.244 e. The molecule has 0 aliphatic carbocycles. The number of rotatable bonds is 1. The Kier molecular flexibility index (Phi) is 3.42. The lowest BCUT2D eigenvalue weighted by atomic mass is 9.91. The second-order valence-corrected chi connectivity index (χ2v) is 5.36. The first-order valence-electron chi connectivity index (χ1n) is 7.04. The van der Waals surface area contributed by atoms with Gasteiger partial charge in [0.05, 0.1) is 18.3 Å². The van der Waals surface area contributed by atoms with Crippen LogP contribution in [0.1, 0.15) is 19.8 Å². The average molecular weight is 260 g/mol. The molecule has 2 aliphatic heterocycles. The van der Waals surface area contributed by atoms with Gasteiger partial charge in [-0.05, 0) is 37.4 Å². The molecule has 1 amide bonds. The fourth-order valence-corrected chi connectivity index (χ4v) is 2.95. The molecule has 1 fully saturated rings. The van der Waals surface area contributed by atoms with Crippen LogP contribution in [0.4, 0.5) is 5.69 Å². The number of para-hydroxylation sites is 2. The molecule has 0 aromatic heterocycles. The molecule has 4 nitrogen and oxygen atoms in total. The Balaban J connectivity index is 1.84. The van der Waals surface area contributed by atoms with Gasteiger partial charge in [-0.1, -0.05) is 19.1 Å². The highest BCUT2D eigenvalue weighted by Crippen LogP contribution is 2.32. The number of anilines is 1. The largest absolute Gasteiger partial charge is 0.490 e. The van der Waals surface area contributed by atoms with Gasteiger partial charge in [-0.2, -0.15) is 0 Å². The molecule has 3 rings (SSSR count). The number of ether oxygens (including phenoxy) is 1. The number of benzene rings is 1. The Labute approximate surface area is 113 Å². The maximum atomic E-state index is 12.7. The van der Waals surface area contributed by atoms with Crippen LogP contribution in [-0.4, -0.2) is 31.6 Å². The summed E-state index contributed by atoms with van der Waals surface area (Å²) in [5, 5.41) is 3.36. The van der Waals surface area contributed by atoms with Crippen molar-refractivity contribution in [1.82, 2.24) is 5.32 Å². The Hall–Kier alpha value is -1.55. The zero-order valence-electron chi connectivity index (χ0n) is 11.3. The summed E-state index contributed by atoms with van der Waals surface area (Å²) in [6.07, 6.45) is 2.28. The Morgan fingerprint density at radius 1 is 1.42 bits per heavy atom. The fourth-order valence-electron chi connectivity index (χ4n) is 2.95. The third-order valence-corrected chi connectivity index (χ3v) is 4.03. The first-order valence-corrected chi connectivity index (χ1v) is 7.04. The molecule has 2 atom stereocenters. The second-order valence-electron chi connectivity index (χ2n) is 5.36. The number of hydrogen-bond donors (Lipinski definition) is 1. The molecule has 2 aliphatic rings. The van der Waals surface area contributed by atoms with Crippen LogP contribution in [0.2, 0.25) is 0 Å². The lowest BCUT2D eigenvalue weighted by molar-refractivity contribution is -0.122. The van der Waals surface area contributed by atoms with Crippen molar-refractivity contribution in [3.05, 3.63) is 24.3 Å². The lowest BCUT2D eigenvalue weighted by Crippen LogP contribution is -2.54. The minimum atomic E-state index is -0.0556. The van der Waals surface area contributed by atoms with Gasteiger partial charge in [0.25, 0.3) is 0 Å². The molecule has 0 spiro atoms. The third-order valence-electron chi connectivity index (χ3n) is 4.03. The number of nitrogens with one attached hydrogen (secondary N) is 1. The Morgan fingerprint density at radius 3 is 3.11 bits per heavy atom. The maximum absolute atomic E-state index is 12.7. The van der Waals surface area contributed by atoms with Crippen molar-refractivity contribution in [2.24, 2.45) is 5.92 Å². The number of hydrogen-bond acceptors (Lipinski definition) is 3. The van der Waals surface area contributed by atoms with Crippen molar-refractivity contribution in [1.29, 1.82) is 0 Å². The highest BCUT2D eigenvalue weighted by molar-refractivity contribution is 5.99. The molecule has 2 unspecified atom stereocenters. The molecule has 2 heterocycles. The van der Waals surface area contributed by atoms with E-state index >= 15 is 0 Å². The summed E-state index contributed by atoms with van der Waals surface area (Å²) in [4.78, 5) is 14.6. The molecule has 102 valence electrons. The van der Waals surface area contributed by atoms with Gasteiger partial charge in [-0.15, -0.1) is 0 Å². The summed E-state index contributed by atoms with van der Waals surface area (Å²) in [5.74, 6) is 1.39. The number of carbonyl (C=O) groups excluding carboxylic acids is 1. The van der Waals surface area contributed by atoms with E-state index in [1.54, 1.807) is 0 Å². The highest BCUT2D eigenvalue weighted by Gasteiger charge is 2.33. The van der Waals surface area contributed by atoms with E-state index in [0.29, 0.717) is 19.1 Å². The summed E-state index contributed by atoms with van der Waals surface area (Å²) in [6, 6.07) is 7.71. The number of nitrogens with zero attached hydrogens (tertiary/aromatic N) is 1. The summed E-state index contributed by atoms with van der Waals surface area (Å²) in [6.45, 7) is 4.30. The number of fused-ring (bicyclic) bond motifs is 1. The van der Waals surface area contributed by atoms with Gasteiger partial charge < -0.3 is 15.0 Å². The van der Waals surface area contributed by atoms with Gasteiger partial charge >= 0.3 is 0 Å². The van der Waals surface area contributed by atoms with Crippen molar-refractivity contribution in [3.63, 3.8) is 0 Å². The summed E-state index contributed by atoms with van der Waals surface area (Å²) < 4.78 is 5.60. The monoisotopic (exact) mass is 260 g/mol. The predicted octanol–water partition coefficient (Wildman–Crippen LogP) is 1.80. The van der Waals surface area contributed by atoms with Gasteiger partial charge in [-0.3, -0.25) is 4.79 Å². The predicted molar refractivity (Wildman–Crippen MR) is 74.5 cm³/mol. The Morgan fingerprint density at radius 2 is 2.26 bits per heavy atom. The van der Waals surface area contributed by atoms with Crippen molar-refractivity contribution < 1.29 is 9.53 Å². The molecule has 4 heteroatoms. The molecule has 1 N–H and O–H groups in total. The number of amides is 1. The molecule has 1 aromatic carbocycles. The summed E-state index contributed by atoms with van der Waals surface area (Å²) in [5.41, 5.74) is 0.901. The number of piperidine rings is 1. The minimum absolute atomic E-state index is 0.0556. The van der Waals surface area contributed by atoms with Crippen LogP contribution in [0.25, 0.3) is 0 Å². The zero-order valence-corrected chi connectivity index (χ0v) is 11.3. The van der Waals surface area contributed by atoms with Crippen LogP contribution in [0, 0.1) is 5.92 Å². The van der Waals surface area contributed by atoms with E-state index in [1.807, 2.05) is 29.2 Å². The molecule has 0 saturated carbocycles. The first kappa shape index (κ1) is 12.5. The fraction of sp³-hybridized carbons (Fsp3) is 0.533. The third kappa shape index (κ3) is 2.32. The van der Waals surface area contributed by atoms with Crippen molar-refractivity contribution in [2.75, 3.05) is 24.6 Å². The standard InChI is InChI=1S/C15H20N2O2/c1-11-5-4-8-16-14(11)15(18)17-9-10-19-13-7-3-2-6-12(13)17/h2-3,6-7,11,14,16H,4-5,8-10H2,1H3. The average Bonchev–Trinajstić information content (AvgIpc) is 2.46. The molecule has 1 aromatic rings. The molecule has 0 bridgehead atoms. The van der Waals surface area contributed by atoms with Crippen LogP contribution in [-0.2, 0) is 4.79 Å². The van der Waals surface area contributed by atoms with Gasteiger partial charge in [0.1, 0.15) is 12.4 Å². The van der Waals surface area contributed by atoms with Gasteiger partial charge in [0.2, 0.25) is 5.91 Å². The topological polar surface area (TPSA) is 41.6 Å². The number of carbonyl (C=O) groups is 1. The van der Waals surface area contributed by atoms with E-state index in [4.69, 9.17) is 4.74 Å². The van der Waals surface area contributed by atoms with Crippen LogP contribution >= 0.6 is 0 Å². The summed E-state index contributed by atoms with van der Waals surface area (Å²) in [7, 11) is 0. The normalized spacial score (nSPS) is 26.5. The van der Waals surface area contributed by atoms with Crippen molar-refractivity contribution >= 4 is 11.6 Å². The summed E-state index contributed by atoms with van der Waals surface area (Å²) >= 11 is 0. The van der Waals surface area contributed by atoms with E-state index in [1.165, 1.54) is 0 Å². The van der Waals surface area contributed by atoms with Gasteiger partial charge in [0, 0.05) is 0 Å². The molecular weight excluding hydrogens is 240 g/mol. The molecule has 1 saturated heterocycles. The minimum Gasteiger partial charge on any atom is -0.490 e. The van der Waals surface area contributed by atoms with Crippen molar-refractivity contribution in [2.45, 2.75) is 25.8 Å². The SMILES string of the molecule is CC1CCCNC1C(=O)N1CCOc2ccccc21. The van der Waals surface area contributed by atoms with Gasteiger partial charge in [0.15, 0.2) is 0 Å². The van der Waals surface area contributed by atoms with E-state index in [2.05, 4.69) is 12.2 Å². The van der Waals surface area contributed by atoms with E-state index in [0.717, 1.165) is 30.8 Å². The molecule has 0 radical (unpaired) electrons. The molecular formula is C15H20N2O2. The Bertz CT molecular complexity index is 475. The van der Waals surface area contributed by atoms with Crippen molar-refractivity contribution in [3.8, 4) is 5.75 Å². The van der Waals surface area contributed by atoms with Crippen LogP contribution in [0.3, 0.4) is 0 Å². The maximum Gasteiger partial charge on any atom is 0.244 e. The second kappa shape index (κ2) is 5.21. The van der Waals surface area contributed by atoms with E-state index in [9.17, 15) is 4.79 Å². The first-order chi connectivity index (χ1) is 9.27. The van der Waals surface area contributed by atoms with Crippen LogP contribution in [0.5, 0.6) is 5.75 Å². The quantitative estimate of drug-likeness (QED) is 0.837. The van der Waals surface area contributed by atoms with Crippen LogP contribution in [0.15, 0.2) is 24.3 Å². The highest BCUT2D eigenvalue weighted by atomic mass is 16.5. The lowest BCUT2D eigenvalue weighted by Gasteiger charge is -2.36. The van der Waals surface area contributed by atoms with Gasteiger partial charge in [-0.25, -0.2) is 0 Å². The van der Waals surface area contributed by atoms with Crippen LogP contribution < -0.4 is 15.0 Å².